The molecule has 1 amide bonds. The molecule has 2 aliphatic rings. The minimum Gasteiger partial charge on any atom is -0.454 e. The fraction of sp³-hybridized carbons (Fsp3) is 0.280. The van der Waals surface area contributed by atoms with E-state index in [1.54, 1.807) is 4.57 Å². The van der Waals surface area contributed by atoms with E-state index in [1.165, 1.54) is 30.9 Å². The number of hydrogen-bond acceptors (Lipinski definition) is 10. The van der Waals surface area contributed by atoms with Gasteiger partial charge in [0.25, 0.3) is 5.91 Å². The molecular formula is C25H22Cl2N6O6. The van der Waals surface area contributed by atoms with Crippen LogP contribution in [0.25, 0.3) is 11.2 Å². The molecule has 0 spiro atoms. The number of anilines is 1. The molecule has 0 radical (unpaired) electrons. The number of benzene rings is 2. The average Bonchev–Trinajstić information content (AvgIpc) is 3.64. The Hall–Kier alpha value is -3.68. The number of hydrogen-bond donors (Lipinski definition) is 4. The highest BCUT2D eigenvalue weighted by atomic mass is 35.5. The van der Waals surface area contributed by atoms with Gasteiger partial charge in [0, 0.05) is 22.2 Å². The number of aliphatic hydroxyl groups excluding tert-OH is 2. The van der Waals surface area contributed by atoms with Crippen LogP contribution < -0.4 is 20.1 Å². The number of imidazole rings is 1. The van der Waals surface area contributed by atoms with Crippen LogP contribution in [0.4, 0.5) is 5.82 Å². The summed E-state index contributed by atoms with van der Waals surface area (Å²) in [4.78, 5) is 26.2. The molecule has 4 N–H and O–H groups in total. The Morgan fingerprint density at radius 1 is 1.08 bits per heavy atom. The minimum absolute atomic E-state index is 0.194. The topological polar surface area (TPSA) is 153 Å². The van der Waals surface area contributed by atoms with Crippen molar-refractivity contribution in [3.8, 4) is 11.5 Å². The zero-order chi connectivity index (χ0) is 27.1. The highest BCUT2D eigenvalue weighted by Gasteiger charge is 2.46. The Morgan fingerprint density at radius 3 is 2.67 bits per heavy atom. The van der Waals surface area contributed by atoms with Crippen LogP contribution in [-0.2, 0) is 11.3 Å². The van der Waals surface area contributed by atoms with E-state index in [0.29, 0.717) is 45.1 Å². The van der Waals surface area contributed by atoms with E-state index >= 15 is 0 Å². The molecule has 14 heteroatoms. The van der Waals surface area contributed by atoms with Gasteiger partial charge in [0.1, 0.15) is 24.6 Å². The maximum atomic E-state index is 13.0. The average molecular weight is 573 g/mol. The van der Waals surface area contributed by atoms with Crippen molar-refractivity contribution in [1.29, 1.82) is 0 Å². The van der Waals surface area contributed by atoms with E-state index in [2.05, 4.69) is 25.6 Å². The first-order chi connectivity index (χ1) is 18.9. The van der Waals surface area contributed by atoms with Crippen LogP contribution in [0, 0.1) is 0 Å². The zero-order valence-electron chi connectivity index (χ0n) is 20.1. The second kappa shape index (κ2) is 10.5. The Morgan fingerprint density at radius 2 is 1.87 bits per heavy atom. The number of aliphatic hydroxyl groups is 2. The molecular weight excluding hydrogens is 551 g/mol. The van der Waals surface area contributed by atoms with Gasteiger partial charge in [0.15, 0.2) is 34.7 Å². The highest BCUT2D eigenvalue weighted by molar-refractivity contribution is 6.35. The van der Waals surface area contributed by atoms with E-state index in [9.17, 15) is 15.0 Å². The zero-order valence-corrected chi connectivity index (χ0v) is 21.6. The number of carbonyl (C=O) groups is 1. The second-order valence-electron chi connectivity index (χ2n) is 8.98. The number of halogens is 2. The number of carbonyl (C=O) groups excluding carboxylic acids is 1. The molecule has 1 fully saturated rings. The molecule has 12 nitrogen and oxygen atoms in total. The molecule has 4 aromatic rings. The molecule has 0 unspecified atom stereocenters. The van der Waals surface area contributed by atoms with E-state index in [4.69, 9.17) is 37.4 Å². The molecule has 1 saturated heterocycles. The molecule has 2 aromatic heterocycles. The monoisotopic (exact) mass is 572 g/mol. The van der Waals surface area contributed by atoms with Gasteiger partial charge < -0.3 is 35.1 Å². The lowest BCUT2D eigenvalue weighted by molar-refractivity contribution is -0.0440. The maximum Gasteiger partial charge on any atom is 0.251 e. The summed E-state index contributed by atoms with van der Waals surface area (Å²) in [7, 11) is 0. The Kier molecular flexibility index (Phi) is 6.87. The van der Waals surface area contributed by atoms with Gasteiger partial charge in [-0.25, -0.2) is 15.0 Å². The van der Waals surface area contributed by atoms with Crippen LogP contribution in [0.1, 0.15) is 22.1 Å². The lowest BCUT2D eigenvalue weighted by Crippen LogP contribution is -2.46. The number of rotatable bonds is 7. The van der Waals surface area contributed by atoms with Crippen molar-refractivity contribution in [1.82, 2.24) is 24.8 Å². The van der Waals surface area contributed by atoms with Gasteiger partial charge in [0.05, 0.1) is 12.9 Å². The normalized spacial score (nSPS) is 21.8. The third-order valence-corrected chi connectivity index (χ3v) is 6.94. The number of fused-ring (bicyclic) bond motifs is 2. The van der Waals surface area contributed by atoms with Gasteiger partial charge in [0.2, 0.25) is 6.79 Å². The lowest BCUT2D eigenvalue weighted by Gasteiger charge is -2.23. The maximum absolute atomic E-state index is 13.0. The summed E-state index contributed by atoms with van der Waals surface area (Å²) in [5, 5.41) is 27.3. The van der Waals surface area contributed by atoms with Crippen LogP contribution in [0.2, 0.25) is 10.0 Å². The van der Waals surface area contributed by atoms with Crippen LogP contribution in [-0.4, -0.2) is 67.3 Å². The van der Waals surface area contributed by atoms with E-state index in [-0.39, 0.29) is 12.4 Å². The lowest BCUT2D eigenvalue weighted by atomic mass is 10.1. The van der Waals surface area contributed by atoms with Gasteiger partial charge in [-0.2, -0.15) is 0 Å². The molecule has 2 aliphatic heterocycles. The van der Waals surface area contributed by atoms with Crippen molar-refractivity contribution in [2.24, 2.45) is 0 Å². The second-order valence-corrected chi connectivity index (χ2v) is 9.86. The van der Waals surface area contributed by atoms with Crippen LogP contribution in [0.5, 0.6) is 11.5 Å². The van der Waals surface area contributed by atoms with Crippen molar-refractivity contribution in [3.63, 3.8) is 0 Å². The molecule has 4 heterocycles. The summed E-state index contributed by atoms with van der Waals surface area (Å²) < 4.78 is 18.3. The first-order valence-corrected chi connectivity index (χ1v) is 12.7. The Labute approximate surface area is 231 Å². The molecule has 39 heavy (non-hydrogen) atoms. The minimum atomic E-state index is -1.22. The summed E-state index contributed by atoms with van der Waals surface area (Å²) >= 11 is 12.1. The summed E-state index contributed by atoms with van der Waals surface area (Å²) in [6.07, 6.45) is -0.249. The summed E-state index contributed by atoms with van der Waals surface area (Å²) in [6.45, 7) is 0.165. The van der Waals surface area contributed by atoms with Crippen molar-refractivity contribution in [2.75, 3.05) is 18.7 Å². The van der Waals surface area contributed by atoms with Gasteiger partial charge >= 0.3 is 0 Å². The van der Waals surface area contributed by atoms with Gasteiger partial charge in [-0.15, -0.1) is 0 Å². The van der Waals surface area contributed by atoms with Crippen molar-refractivity contribution in [2.45, 2.75) is 31.0 Å². The van der Waals surface area contributed by atoms with Crippen molar-refractivity contribution < 1.29 is 29.2 Å². The van der Waals surface area contributed by atoms with Gasteiger partial charge in [-0.1, -0.05) is 29.3 Å². The van der Waals surface area contributed by atoms with Crippen molar-refractivity contribution in [3.05, 3.63) is 70.2 Å². The number of amides is 1. The van der Waals surface area contributed by atoms with Crippen molar-refractivity contribution >= 4 is 46.1 Å². The van der Waals surface area contributed by atoms with E-state index in [1.807, 2.05) is 18.2 Å². The molecule has 0 aliphatic carbocycles. The molecule has 0 bridgehead atoms. The SMILES string of the molecule is O=C(N[C@@H]1[C@H](O)[C@@H](CO)O[C@H]1n1cnc2c(NCc3ccc4c(c3)OCO4)ncnc21)c1cc(Cl)cc(Cl)c1. The smallest absolute Gasteiger partial charge is 0.251 e. The Balaban J connectivity index is 1.26. The number of aromatic nitrogens is 4. The summed E-state index contributed by atoms with van der Waals surface area (Å²) in [5.41, 5.74) is 2.01. The Bertz CT molecular complexity index is 1530. The van der Waals surface area contributed by atoms with Gasteiger partial charge in [-0.05, 0) is 35.9 Å². The number of nitrogens with zero attached hydrogens (tertiary/aromatic N) is 4. The summed E-state index contributed by atoms with van der Waals surface area (Å²) in [6, 6.07) is 9.12. The van der Waals surface area contributed by atoms with Crippen LogP contribution >= 0.6 is 23.2 Å². The van der Waals surface area contributed by atoms with E-state index in [0.717, 1.165) is 5.56 Å². The predicted octanol–water partition coefficient (Wildman–Crippen LogP) is 2.52. The molecule has 2 aromatic carbocycles. The fourth-order valence-corrected chi connectivity index (χ4v) is 5.14. The summed E-state index contributed by atoms with van der Waals surface area (Å²) in [5.74, 6) is 1.32. The standard InChI is InChI=1S/C25H22Cl2N6O6/c26-14-4-13(5-15(27)6-14)24(36)32-19-21(35)18(8-34)39-25(19)33-10-31-20-22(29-9-30-23(20)33)28-7-12-1-2-16-17(3-12)38-11-37-16/h1-6,9-10,18-19,21,25,34-35H,7-8,11H2,(H,32,36)(H,28,29,30)/t18-,19-,21-,25-/m1/s1. The third-order valence-electron chi connectivity index (χ3n) is 6.50. The van der Waals surface area contributed by atoms with Crippen LogP contribution in [0.3, 0.4) is 0 Å². The molecule has 4 atom stereocenters. The molecule has 6 rings (SSSR count). The highest BCUT2D eigenvalue weighted by Crippen LogP contribution is 2.34. The molecule has 202 valence electrons. The van der Waals surface area contributed by atoms with E-state index < -0.39 is 37.0 Å². The number of ether oxygens (including phenoxy) is 3. The predicted molar refractivity (Wildman–Crippen MR) is 140 cm³/mol. The molecule has 0 saturated carbocycles. The first-order valence-electron chi connectivity index (χ1n) is 11.9. The third kappa shape index (κ3) is 4.92. The van der Waals surface area contributed by atoms with Gasteiger partial charge in [-0.3, -0.25) is 9.36 Å². The quantitative estimate of drug-likeness (QED) is 0.260. The largest absolute Gasteiger partial charge is 0.454 e. The fourth-order valence-electron chi connectivity index (χ4n) is 4.61. The first kappa shape index (κ1) is 25.6. The number of nitrogens with one attached hydrogen (secondary N) is 2. The van der Waals surface area contributed by atoms with Crippen LogP contribution in [0.15, 0.2) is 49.1 Å².